The third-order valence-corrected chi connectivity index (χ3v) is 5.30. The minimum atomic E-state index is -0.785. The summed E-state index contributed by atoms with van der Waals surface area (Å²) >= 11 is 0. The summed E-state index contributed by atoms with van der Waals surface area (Å²) in [5, 5.41) is 4.10. The lowest BCUT2D eigenvalue weighted by atomic mass is 9.89. The molecule has 1 unspecified atom stereocenters. The first kappa shape index (κ1) is 22.5. The molecular weight excluding hydrogens is 438 g/mol. The van der Waals surface area contributed by atoms with E-state index in [1.54, 1.807) is 49.9 Å². The van der Waals surface area contributed by atoms with Crippen LogP contribution >= 0.6 is 0 Å². The minimum absolute atomic E-state index is 0.0407. The highest BCUT2D eigenvalue weighted by atomic mass is 19.1. The molecule has 0 spiro atoms. The Labute approximate surface area is 193 Å². The molecule has 0 saturated carbocycles. The number of pyridine rings is 2. The number of hydrogen-bond acceptors (Lipinski definition) is 3. The Hall–Kier alpha value is -4.69. The van der Waals surface area contributed by atoms with Gasteiger partial charge in [-0.1, -0.05) is 17.9 Å². The number of halogens is 2. The van der Waals surface area contributed by atoms with E-state index in [2.05, 4.69) is 28.8 Å². The third-order valence-electron chi connectivity index (χ3n) is 5.30. The predicted molar refractivity (Wildman–Crippen MR) is 123 cm³/mol. The Morgan fingerprint density at radius 1 is 1.15 bits per heavy atom. The van der Waals surface area contributed by atoms with Crippen molar-refractivity contribution in [1.29, 1.82) is 0 Å². The number of rotatable bonds is 4. The van der Waals surface area contributed by atoms with E-state index in [0.717, 1.165) is 18.2 Å². The normalized spacial score (nSPS) is 11.3. The summed E-state index contributed by atoms with van der Waals surface area (Å²) in [5.74, 6) is 8.39. The highest BCUT2D eigenvalue weighted by molar-refractivity contribution is 5.99. The molecule has 0 aliphatic carbocycles. The average Bonchev–Trinajstić information content (AvgIpc) is 3.28. The van der Waals surface area contributed by atoms with Gasteiger partial charge in [-0.15, -0.1) is 0 Å². The first-order valence-electron chi connectivity index (χ1n) is 10.2. The summed E-state index contributed by atoms with van der Waals surface area (Å²) in [4.78, 5) is 24.4. The first-order chi connectivity index (χ1) is 16.3. The molecule has 4 rings (SSSR count). The smallest absolute Gasteiger partial charge is 0.254 e. The third kappa shape index (κ3) is 4.57. The number of carbonyl (C=O) groups is 1. The van der Waals surface area contributed by atoms with Gasteiger partial charge in [-0.25, -0.2) is 13.3 Å². The molecular formula is C26H18F2N4O2. The number of primary amides is 1. The van der Waals surface area contributed by atoms with Gasteiger partial charge in [0.25, 0.3) is 11.5 Å². The van der Waals surface area contributed by atoms with E-state index in [1.165, 1.54) is 9.08 Å². The van der Waals surface area contributed by atoms with Gasteiger partial charge in [-0.05, 0) is 53.8 Å². The first-order valence-corrected chi connectivity index (χ1v) is 10.2. The quantitative estimate of drug-likeness (QED) is 0.480. The zero-order chi connectivity index (χ0) is 24.2. The summed E-state index contributed by atoms with van der Waals surface area (Å²) in [6, 6.07) is 9.58. The summed E-state index contributed by atoms with van der Waals surface area (Å²) in [6.07, 6.45) is 4.80. The van der Waals surface area contributed by atoms with Gasteiger partial charge in [0.05, 0.1) is 17.3 Å². The highest BCUT2D eigenvalue weighted by Gasteiger charge is 2.21. The van der Waals surface area contributed by atoms with Crippen LogP contribution in [0.15, 0.2) is 65.8 Å². The number of benzene rings is 1. The number of aryl methyl sites for hydroxylation is 1. The van der Waals surface area contributed by atoms with Crippen molar-refractivity contribution in [2.45, 2.75) is 12.3 Å². The molecule has 0 saturated heterocycles. The monoisotopic (exact) mass is 456 g/mol. The molecule has 2 N–H and O–H groups in total. The molecule has 8 heteroatoms. The van der Waals surface area contributed by atoms with Crippen molar-refractivity contribution in [1.82, 2.24) is 14.2 Å². The van der Waals surface area contributed by atoms with Crippen LogP contribution < -0.4 is 11.3 Å². The Bertz CT molecular complexity index is 1600. The molecule has 4 aromatic rings. The van der Waals surface area contributed by atoms with E-state index < -0.39 is 23.5 Å². The van der Waals surface area contributed by atoms with Gasteiger partial charge >= 0.3 is 0 Å². The van der Waals surface area contributed by atoms with Crippen LogP contribution in [0.5, 0.6) is 0 Å². The zero-order valence-corrected chi connectivity index (χ0v) is 18.0. The second-order valence-electron chi connectivity index (χ2n) is 7.52. The molecule has 1 amide bonds. The van der Waals surface area contributed by atoms with Crippen LogP contribution in [0, 0.1) is 35.3 Å². The largest absolute Gasteiger partial charge is 0.366 e. The second-order valence-corrected chi connectivity index (χ2v) is 7.52. The fourth-order valence-corrected chi connectivity index (χ4v) is 3.65. The van der Waals surface area contributed by atoms with Gasteiger partial charge in [-0.3, -0.25) is 9.59 Å². The fourth-order valence-electron chi connectivity index (χ4n) is 3.65. The molecule has 3 aromatic heterocycles. The Morgan fingerprint density at radius 2 is 1.97 bits per heavy atom. The molecule has 0 aliphatic rings. The van der Waals surface area contributed by atoms with E-state index >= 15 is 0 Å². The fraction of sp³-hybridized carbons (Fsp3) is 0.115. The molecule has 0 bridgehead atoms. The predicted octanol–water partition coefficient (Wildman–Crippen LogP) is 2.99. The number of carbonyl (C=O) groups excluding carboxylic acids is 1. The summed E-state index contributed by atoms with van der Waals surface area (Å²) in [5.41, 5.74) is 6.77. The standard InChI is InChI=1S/C26H18F2N4O2/c1-31-13-5-8-20(26(31)34)19(21-15-18(27)9-10-23(21)28)7-4-2-3-6-17-14-22(25(29)33)24-11-12-30-32(24)16-17/h5,8-16,19H,7H2,1H3,(H2,29,33). The number of nitrogens with two attached hydrogens (primary N) is 1. The molecule has 0 aliphatic heterocycles. The van der Waals surface area contributed by atoms with Crippen molar-refractivity contribution in [3.8, 4) is 23.7 Å². The Balaban J connectivity index is 1.67. The van der Waals surface area contributed by atoms with Crippen LogP contribution in [0.1, 0.15) is 39.4 Å². The van der Waals surface area contributed by atoms with E-state index in [1.807, 2.05) is 0 Å². The lowest BCUT2D eigenvalue weighted by molar-refractivity contribution is 0.100. The maximum atomic E-state index is 14.5. The molecule has 3 heterocycles. The van der Waals surface area contributed by atoms with Crippen molar-refractivity contribution in [2.75, 3.05) is 0 Å². The van der Waals surface area contributed by atoms with Gasteiger partial charge in [-0.2, -0.15) is 5.10 Å². The van der Waals surface area contributed by atoms with Crippen LogP contribution in [0.4, 0.5) is 8.78 Å². The van der Waals surface area contributed by atoms with Gasteiger partial charge in [0.1, 0.15) is 11.6 Å². The summed E-state index contributed by atoms with van der Waals surface area (Å²) in [7, 11) is 1.58. The van der Waals surface area contributed by atoms with Crippen molar-refractivity contribution < 1.29 is 13.6 Å². The number of nitrogens with zero attached hydrogens (tertiary/aromatic N) is 3. The second kappa shape index (κ2) is 9.43. The number of hydrogen-bond donors (Lipinski definition) is 1. The molecule has 168 valence electrons. The van der Waals surface area contributed by atoms with E-state index in [4.69, 9.17) is 5.73 Å². The van der Waals surface area contributed by atoms with Gasteiger partial charge in [0.15, 0.2) is 0 Å². The summed E-state index contributed by atoms with van der Waals surface area (Å²) in [6.45, 7) is 0. The number of aromatic nitrogens is 3. The lowest BCUT2D eigenvalue weighted by Gasteiger charge is -2.16. The SMILES string of the molecule is Cn1cccc(C(CC#CC#Cc2cc(C(N)=O)c3ccnn3c2)c2cc(F)ccc2F)c1=O. The van der Waals surface area contributed by atoms with Crippen LogP contribution in [0.25, 0.3) is 5.52 Å². The van der Waals surface area contributed by atoms with Crippen molar-refractivity contribution >= 4 is 11.4 Å². The van der Waals surface area contributed by atoms with Crippen LogP contribution in [-0.4, -0.2) is 20.1 Å². The van der Waals surface area contributed by atoms with Crippen molar-refractivity contribution in [3.63, 3.8) is 0 Å². The van der Waals surface area contributed by atoms with E-state index in [0.29, 0.717) is 16.6 Å². The lowest BCUT2D eigenvalue weighted by Crippen LogP contribution is -2.23. The summed E-state index contributed by atoms with van der Waals surface area (Å²) < 4.78 is 31.3. The number of fused-ring (bicyclic) bond motifs is 1. The number of amides is 1. The average molecular weight is 456 g/mol. The van der Waals surface area contributed by atoms with Crippen molar-refractivity contribution in [2.24, 2.45) is 12.8 Å². The van der Waals surface area contributed by atoms with Crippen LogP contribution in [-0.2, 0) is 7.05 Å². The molecule has 0 radical (unpaired) electrons. The maximum absolute atomic E-state index is 14.5. The van der Waals surface area contributed by atoms with Crippen molar-refractivity contribution in [3.05, 3.63) is 105 Å². The van der Waals surface area contributed by atoms with Crippen LogP contribution in [0.2, 0.25) is 0 Å². The molecule has 0 fully saturated rings. The topological polar surface area (TPSA) is 82.4 Å². The molecule has 34 heavy (non-hydrogen) atoms. The van der Waals surface area contributed by atoms with E-state index in [9.17, 15) is 18.4 Å². The van der Waals surface area contributed by atoms with E-state index in [-0.39, 0.29) is 23.1 Å². The minimum Gasteiger partial charge on any atom is -0.366 e. The Morgan fingerprint density at radius 3 is 2.76 bits per heavy atom. The van der Waals surface area contributed by atoms with Gasteiger partial charge in [0.2, 0.25) is 0 Å². The molecule has 6 nitrogen and oxygen atoms in total. The maximum Gasteiger partial charge on any atom is 0.254 e. The highest BCUT2D eigenvalue weighted by Crippen LogP contribution is 2.28. The molecule has 1 atom stereocenters. The zero-order valence-electron chi connectivity index (χ0n) is 18.0. The van der Waals surface area contributed by atoms with Crippen LogP contribution in [0.3, 0.4) is 0 Å². The van der Waals surface area contributed by atoms with Gasteiger partial charge in [0, 0.05) is 42.9 Å². The Kier molecular flexibility index (Phi) is 6.24. The molecule has 1 aromatic carbocycles. The van der Waals surface area contributed by atoms with Gasteiger partial charge < -0.3 is 10.3 Å².